The summed E-state index contributed by atoms with van der Waals surface area (Å²) in [6.07, 6.45) is 1.45. The maximum absolute atomic E-state index is 11.3. The molecule has 0 aromatic rings. The van der Waals surface area contributed by atoms with Crippen LogP contribution in [0.2, 0.25) is 0 Å². The highest BCUT2D eigenvalue weighted by atomic mass is 16.5. The van der Waals surface area contributed by atoms with Crippen LogP contribution in [0, 0.1) is 5.92 Å². The van der Waals surface area contributed by atoms with Gasteiger partial charge in [-0.15, -0.1) is 0 Å². The first kappa shape index (κ1) is 10.0. The average molecular weight is 185 g/mol. The van der Waals surface area contributed by atoms with Crippen molar-refractivity contribution in [3.8, 4) is 0 Å². The molecule has 2 atom stereocenters. The van der Waals surface area contributed by atoms with Crippen LogP contribution in [-0.2, 0) is 14.3 Å². The molecule has 1 aliphatic heterocycles. The lowest BCUT2D eigenvalue weighted by molar-refractivity contribution is -0.153. The van der Waals surface area contributed by atoms with Crippen LogP contribution in [0.4, 0.5) is 0 Å². The first-order chi connectivity index (χ1) is 6.15. The molecule has 1 saturated heterocycles. The van der Waals surface area contributed by atoms with E-state index >= 15 is 0 Å². The van der Waals surface area contributed by atoms with E-state index in [1.165, 1.54) is 0 Å². The molecule has 13 heavy (non-hydrogen) atoms. The number of esters is 1. The third kappa shape index (κ3) is 2.44. The first-order valence-electron chi connectivity index (χ1n) is 4.62. The van der Waals surface area contributed by atoms with Crippen molar-refractivity contribution in [1.29, 1.82) is 0 Å². The molecule has 4 nitrogen and oxygen atoms in total. The number of piperidine rings is 1. The standard InChI is InChI=1S/C9H15NO3/c1-3-13-9(12)7-5-4-6(2)10-8(7)11/h6-7H,3-5H2,1-2H3,(H,10,11)/t6-,7+/m1/s1. The van der Waals surface area contributed by atoms with Crippen molar-refractivity contribution in [3.63, 3.8) is 0 Å². The topological polar surface area (TPSA) is 55.4 Å². The minimum Gasteiger partial charge on any atom is -0.465 e. The molecule has 1 N–H and O–H groups in total. The van der Waals surface area contributed by atoms with Crippen molar-refractivity contribution in [2.24, 2.45) is 5.92 Å². The van der Waals surface area contributed by atoms with Gasteiger partial charge in [-0.05, 0) is 26.7 Å². The highest BCUT2D eigenvalue weighted by Gasteiger charge is 2.32. The van der Waals surface area contributed by atoms with E-state index in [9.17, 15) is 9.59 Å². The second-order valence-electron chi connectivity index (χ2n) is 3.29. The Morgan fingerprint density at radius 1 is 1.62 bits per heavy atom. The zero-order valence-electron chi connectivity index (χ0n) is 8.00. The van der Waals surface area contributed by atoms with Gasteiger partial charge in [0.25, 0.3) is 0 Å². The quantitative estimate of drug-likeness (QED) is 0.502. The van der Waals surface area contributed by atoms with Gasteiger partial charge >= 0.3 is 5.97 Å². The van der Waals surface area contributed by atoms with E-state index in [2.05, 4.69) is 5.32 Å². The minimum absolute atomic E-state index is 0.179. The monoisotopic (exact) mass is 185 g/mol. The van der Waals surface area contributed by atoms with Gasteiger partial charge in [0.1, 0.15) is 5.92 Å². The van der Waals surface area contributed by atoms with Gasteiger partial charge in [0.15, 0.2) is 0 Å². The molecule has 0 bridgehead atoms. The summed E-state index contributed by atoms with van der Waals surface area (Å²) in [7, 11) is 0. The molecule has 1 amide bonds. The van der Waals surface area contributed by atoms with E-state index < -0.39 is 11.9 Å². The van der Waals surface area contributed by atoms with Crippen LogP contribution >= 0.6 is 0 Å². The van der Waals surface area contributed by atoms with Crippen LogP contribution in [0.25, 0.3) is 0 Å². The SMILES string of the molecule is CCOC(=O)[C@H]1CC[C@@H](C)NC1=O. The van der Waals surface area contributed by atoms with E-state index in [-0.39, 0.29) is 11.9 Å². The number of rotatable bonds is 2. The van der Waals surface area contributed by atoms with Crippen molar-refractivity contribution in [3.05, 3.63) is 0 Å². The fraction of sp³-hybridized carbons (Fsp3) is 0.778. The van der Waals surface area contributed by atoms with Gasteiger partial charge in [0, 0.05) is 6.04 Å². The van der Waals surface area contributed by atoms with Crippen LogP contribution in [0.5, 0.6) is 0 Å². The van der Waals surface area contributed by atoms with Crippen LogP contribution in [0.3, 0.4) is 0 Å². The molecule has 0 unspecified atom stereocenters. The molecule has 1 aliphatic rings. The Labute approximate surface area is 77.6 Å². The zero-order chi connectivity index (χ0) is 9.84. The molecule has 1 fully saturated rings. The van der Waals surface area contributed by atoms with Crippen LogP contribution < -0.4 is 5.32 Å². The van der Waals surface area contributed by atoms with Gasteiger partial charge in [-0.1, -0.05) is 0 Å². The lowest BCUT2D eigenvalue weighted by Crippen LogP contribution is -2.45. The van der Waals surface area contributed by atoms with E-state index in [1.807, 2.05) is 6.92 Å². The average Bonchev–Trinajstić information content (AvgIpc) is 2.04. The summed E-state index contributed by atoms with van der Waals surface area (Å²) in [5, 5.41) is 2.73. The second kappa shape index (κ2) is 4.25. The number of carbonyl (C=O) groups excluding carboxylic acids is 2. The number of hydrogen-bond acceptors (Lipinski definition) is 3. The summed E-state index contributed by atoms with van der Waals surface area (Å²) in [6.45, 7) is 4.00. The van der Waals surface area contributed by atoms with Crippen LogP contribution in [0.1, 0.15) is 26.7 Å². The summed E-state index contributed by atoms with van der Waals surface area (Å²) in [5.74, 6) is -1.18. The highest BCUT2D eigenvalue weighted by molar-refractivity contribution is 5.98. The number of nitrogens with one attached hydrogen (secondary N) is 1. The molecular weight excluding hydrogens is 170 g/mol. The summed E-state index contributed by atoms with van der Waals surface area (Å²) in [4.78, 5) is 22.5. The van der Waals surface area contributed by atoms with Crippen molar-refractivity contribution < 1.29 is 14.3 Å². The van der Waals surface area contributed by atoms with Gasteiger partial charge in [0.05, 0.1) is 6.61 Å². The first-order valence-corrected chi connectivity index (χ1v) is 4.62. The molecule has 0 saturated carbocycles. The fourth-order valence-electron chi connectivity index (χ4n) is 1.43. The van der Waals surface area contributed by atoms with Gasteiger partial charge in [-0.25, -0.2) is 0 Å². The number of carbonyl (C=O) groups is 2. The van der Waals surface area contributed by atoms with Gasteiger partial charge in [-0.2, -0.15) is 0 Å². The normalized spacial score (nSPS) is 28.0. The summed E-state index contributed by atoms with van der Waals surface area (Å²) in [6, 6.07) is 0.179. The number of hydrogen-bond donors (Lipinski definition) is 1. The summed E-state index contributed by atoms with van der Waals surface area (Å²) >= 11 is 0. The van der Waals surface area contributed by atoms with Crippen molar-refractivity contribution >= 4 is 11.9 Å². The Balaban J connectivity index is 2.51. The third-order valence-corrected chi connectivity index (χ3v) is 2.16. The Morgan fingerprint density at radius 3 is 2.85 bits per heavy atom. The number of ether oxygens (including phenoxy) is 1. The summed E-state index contributed by atoms with van der Waals surface area (Å²) in [5.41, 5.74) is 0. The van der Waals surface area contributed by atoms with Crippen LogP contribution in [-0.4, -0.2) is 24.5 Å². The van der Waals surface area contributed by atoms with Gasteiger partial charge in [-0.3, -0.25) is 9.59 Å². The molecular formula is C9H15NO3. The van der Waals surface area contributed by atoms with E-state index in [4.69, 9.17) is 4.74 Å². The molecule has 4 heteroatoms. The molecule has 1 rings (SSSR count). The molecule has 74 valence electrons. The molecule has 0 aliphatic carbocycles. The second-order valence-corrected chi connectivity index (χ2v) is 3.29. The van der Waals surface area contributed by atoms with Crippen molar-refractivity contribution in [2.45, 2.75) is 32.7 Å². The fourth-order valence-corrected chi connectivity index (χ4v) is 1.43. The van der Waals surface area contributed by atoms with Gasteiger partial charge < -0.3 is 10.1 Å². The largest absolute Gasteiger partial charge is 0.465 e. The lowest BCUT2D eigenvalue weighted by atomic mass is 9.95. The zero-order valence-corrected chi connectivity index (χ0v) is 8.00. The molecule has 0 aromatic heterocycles. The van der Waals surface area contributed by atoms with E-state index in [0.29, 0.717) is 13.0 Å². The Kier molecular flexibility index (Phi) is 3.28. The Hall–Kier alpha value is -1.06. The highest BCUT2D eigenvalue weighted by Crippen LogP contribution is 2.16. The van der Waals surface area contributed by atoms with E-state index in [0.717, 1.165) is 6.42 Å². The van der Waals surface area contributed by atoms with Crippen molar-refractivity contribution in [2.75, 3.05) is 6.61 Å². The van der Waals surface area contributed by atoms with Gasteiger partial charge in [0.2, 0.25) is 5.91 Å². The predicted octanol–water partition coefficient (Wildman–Crippen LogP) is 0.464. The van der Waals surface area contributed by atoms with Crippen molar-refractivity contribution in [1.82, 2.24) is 5.32 Å². The maximum atomic E-state index is 11.3. The smallest absolute Gasteiger partial charge is 0.318 e. The van der Waals surface area contributed by atoms with Crippen LogP contribution in [0.15, 0.2) is 0 Å². The van der Waals surface area contributed by atoms with E-state index in [1.54, 1.807) is 6.92 Å². The molecule has 1 heterocycles. The number of amides is 1. The lowest BCUT2D eigenvalue weighted by Gasteiger charge is -2.25. The Bertz CT molecular complexity index is 207. The predicted molar refractivity (Wildman–Crippen MR) is 47.0 cm³/mol. The minimum atomic E-state index is -0.587. The molecule has 0 spiro atoms. The molecule has 0 radical (unpaired) electrons. The Morgan fingerprint density at radius 2 is 2.31 bits per heavy atom. The third-order valence-electron chi connectivity index (χ3n) is 2.16. The molecule has 0 aromatic carbocycles. The summed E-state index contributed by atoms with van der Waals surface area (Å²) < 4.78 is 4.79. The maximum Gasteiger partial charge on any atom is 0.318 e.